The quantitative estimate of drug-likeness (QED) is 0.781. The van der Waals surface area contributed by atoms with E-state index in [2.05, 4.69) is 48.1 Å². The van der Waals surface area contributed by atoms with Gasteiger partial charge in [-0.15, -0.1) is 0 Å². The first-order valence-corrected chi connectivity index (χ1v) is 6.93. The summed E-state index contributed by atoms with van der Waals surface area (Å²) in [5.74, 6) is 1.52. The van der Waals surface area contributed by atoms with Crippen molar-refractivity contribution >= 4 is 5.82 Å². The summed E-state index contributed by atoms with van der Waals surface area (Å²) < 4.78 is 0. The van der Waals surface area contributed by atoms with Gasteiger partial charge in [0.2, 0.25) is 0 Å². The normalized spacial score (nSPS) is 10.7. The van der Waals surface area contributed by atoms with Gasteiger partial charge in [-0.1, -0.05) is 19.9 Å². The third-order valence-corrected chi connectivity index (χ3v) is 2.75. The summed E-state index contributed by atoms with van der Waals surface area (Å²) >= 11 is 0. The summed E-state index contributed by atoms with van der Waals surface area (Å²) in [6.07, 6.45) is 2.49. The van der Waals surface area contributed by atoms with Crippen LogP contribution in [0.1, 0.15) is 32.8 Å². The molecular weight excluding hydrogens is 236 g/mol. The predicted molar refractivity (Wildman–Crippen MR) is 78.7 cm³/mol. The van der Waals surface area contributed by atoms with Crippen molar-refractivity contribution in [2.24, 2.45) is 5.92 Å². The van der Waals surface area contributed by atoms with Gasteiger partial charge in [-0.05, 0) is 24.5 Å². The highest BCUT2D eigenvalue weighted by Gasteiger charge is 2.08. The van der Waals surface area contributed by atoms with Crippen molar-refractivity contribution in [3.05, 3.63) is 23.9 Å². The van der Waals surface area contributed by atoms with Crippen LogP contribution in [0.15, 0.2) is 18.3 Å². The first-order chi connectivity index (χ1) is 9.15. The lowest BCUT2D eigenvalue weighted by atomic mass is 10.2. The molecule has 0 saturated heterocycles. The average molecular weight is 260 g/mol. The number of rotatable bonds is 8. The zero-order valence-electron chi connectivity index (χ0n) is 12.2. The minimum Gasteiger partial charge on any atom is -0.370 e. The molecule has 0 aromatic carbocycles. The van der Waals surface area contributed by atoms with Crippen molar-refractivity contribution in [1.82, 2.24) is 9.88 Å². The van der Waals surface area contributed by atoms with Gasteiger partial charge in [0, 0.05) is 38.8 Å². The Balaban J connectivity index is 2.59. The Bertz CT molecular complexity index is 392. The second kappa shape index (κ2) is 8.49. The second-order valence-electron chi connectivity index (χ2n) is 5.12. The summed E-state index contributed by atoms with van der Waals surface area (Å²) in [6, 6.07) is 6.33. The zero-order chi connectivity index (χ0) is 14.1. The van der Waals surface area contributed by atoms with Crippen LogP contribution < -0.4 is 5.32 Å². The van der Waals surface area contributed by atoms with Crippen LogP contribution in [-0.2, 0) is 6.54 Å². The van der Waals surface area contributed by atoms with Gasteiger partial charge in [0.1, 0.15) is 5.82 Å². The lowest BCUT2D eigenvalue weighted by molar-refractivity contribution is 0.241. The second-order valence-corrected chi connectivity index (χ2v) is 5.12. The molecule has 1 rings (SSSR count). The number of anilines is 1. The molecule has 1 N–H and O–H groups in total. The number of nitrogens with one attached hydrogen (secondary N) is 1. The van der Waals surface area contributed by atoms with Crippen molar-refractivity contribution in [1.29, 1.82) is 5.26 Å². The lowest BCUT2D eigenvalue weighted by Gasteiger charge is -2.23. The Labute approximate surface area is 116 Å². The molecule has 1 aromatic rings. The number of hydrogen-bond acceptors (Lipinski definition) is 4. The molecule has 0 aliphatic heterocycles. The Hall–Kier alpha value is -1.60. The largest absolute Gasteiger partial charge is 0.370 e. The zero-order valence-corrected chi connectivity index (χ0v) is 12.2. The predicted octanol–water partition coefficient (Wildman–Crippen LogP) is 2.89. The first kappa shape index (κ1) is 15.5. The Morgan fingerprint density at radius 2 is 2.21 bits per heavy atom. The fraction of sp³-hybridized carbons (Fsp3) is 0.600. The minimum absolute atomic E-state index is 0.579. The van der Waals surface area contributed by atoms with Crippen molar-refractivity contribution < 1.29 is 0 Å². The molecule has 1 aromatic heterocycles. The van der Waals surface area contributed by atoms with Crippen LogP contribution in [0.3, 0.4) is 0 Å². The highest BCUT2D eigenvalue weighted by atomic mass is 15.1. The molecule has 0 amide bonds. The van der Waals surface area contributed by atoms with Crippen molar-refractivity contribution in [3.8, 4) is 6.07 Å². The van der Waals surface area contributed by atoms with Gasteiger partial charge in [0.25, 0.3) is 0 Å². The standard InChI is InChI=1S/C15H24N4/c1-4-17-15-7-6-14(10-18-15)12-19(9-5-8-16)11-13(2)3/h6-7,10,13H,4-5,9,11-12H2,1-3H3,(H,17,18). The van der Waals surface area contributed by atoms with Crippen molar-refractivity contribution in [2.75, 3.05) is 25.0 Å². The molecule has 0 radical (unpaired) electrons. The molecule has 0 saturated carbocycles. The van der Waals surface area contributed by atoms with Gasteiger partial charge in [-0.2, -0.15) is 5.26 Å². The SMILES string of the molecule is CCNc1ccc(CN(CCC#N)CC(C)C)cn1. The summed E-state index contributed by atoms with van der Waals surface area (Å²) in [5, 5.41) is 11.9. The number of pyridine rings is 1. The molecule has 0 aliphatic carbocycles. The first-order valence-electron chi connectivity index (χ1n) is 6.93. The van der Waals surface area contributed by atoms with Gasteiger partial charge in [0.05, 0.1) is 6.07 Å². The van der Waals surface area contributed by atoms with E-state index in [1.54, 1.807) is 0 Å². The van der Waals surface area contributed by atoms with Crippen molar-refractivity contribution in [2.45, 2.75) is 33.7 Å². The molecule has 1 heterocycles. The van der Waals surface area contributed by atoms with E-state index < -0.39 is 0 Å². The maximum atomic E-state index is 8.71. The molecule has 0 bridgehead atoms. The van der Waals surface area contributed by atoms with Crippen LogP contribution in [0, 0.1) is 17.2 Å². The molecule has 0 aliphatic rings. The smallest absolute Gasteiger partial charge is 0.125 e. The number of aromatic nitrogens is 1. The van der Waals surface area contributed by atoms with Crippen LogP contribution in [0.25, 0.3) is 0 Å². The number of nitrogens with zero attached hydrogens (tertiary/aromatic N) is 3. The van der Waals surface area contributed by atoms with Gasteiger partial charge in [0.15, 0.2) is 0 Å². The lowest BCUT2D eigenvalue weighted by Crippen LogP contribution is -2.28. The average Bonchev–Trinajstić information content (AvgIpc) is 2.38. The Morgan fingerprint density at radius 3 is 2.74 bits per heavy atom. The van der Waals surface area contributed by atoms with E-state index in [4.69, 9.17) is 5.26 Å². The molecular formula is C15H24N4. The molecule has 4 nitrogen and oxygen atoms in total. The Kier molecular flexibility index (Phi) is 6.91. The van der Waals surface area contributed by atoms with Gasteiger partial charge < -0.3 is 5.32 Å². The summed E-state index contributed by atoms with van der Waals surface area (Å²) in [4.78, 5) is 6.70. The van der Waals surface area contributed by atoms with E-state index in [-0.39, 0.29) is 0 Å². The minimum atomic E-state index is 0.579. The van der Waals surface area contributed by atoms with Crippen LogP contribution in [0.4, 0.5) is 5.82 Å². The maximum Gasteiger partial charge on any atom is 0.125 e. The van der Waals surface area contributed by atoms with E-state index in [0.717, 1.165) is 32.0 Å². The van der Waals surface area contributed by atoms with Crippen LogP contribution in [0.5, 0.6) is 0 Å². The third-order valence-electron chi connectivity index (χ3n) is 2.75. The Morgan fingerprint density at radius 1 is 1.42 bits per heavy atom. The molecule has 0 unspecified atom stereocenters. The summed E-state index contributed by atoms with van der Waals surface area (Å²) in [5.41, 5.74) is 1.19. The van der Waals surface area contributed by atoms with Crippen molar-refractivity contribution in [3.63, 3.8) is 0 Å². The molecule has 4 heteroatoms. The number of hydrogen-bond donors (Lipinski definition) is 1. The van der Waals surface area contributed by atoms with Crippen LogP contribution in [0.2, 0.25) is 0 Å². The van der Waals surface area contributed by atoms with E-state index >= 15 is 0 Å². The van der Waals surface area contributed by atoms with Crippen LogP contribution >= 0.6 is 0 Å². The highest BCUT2D eigenvalue weighted by Crippen LogP contribution is 2.10. The molecule has 0 spiro atoms. The van der Waals surface area contributed by atoms with Gasteiger partial charge in [-0.3, -0.25) is 4.90 Å². The molecule has 0 atom stereocenters. The van der Waals surface area contributed by atoms with E-state index in [9.17, 15) is 0 Å². The third kappa shape index (κ3) is 6.21. The monoisotopic (exact) mass is 260 g/mol. The van der Waals surface area contributed by atoms with E-state index in [1.807, 2.05) is 12.3 Å². The van der Waals surface area contributed by atoms with Crippen LogP contribution in [-0.4, -0.2) is 29.5 Å². The highest BCUT2D eigenvalue weighted by molar-refractivity contribution is 5.35. The van der Waals surface area contributed by atoms with E-state index in [1.165, 1.54) is 5.56 Å². The molecule has 104 valence electrons. The van der Waals surface area contributed by atoms with Gasteiger partial charge in [-0.25, -0.2) is 4.98 Å². The molecule has 0 fully saturated rings. The topological polar surface area (TPSA) is 52.0 Å². The van der Waals surface area contributed by atoms with Gasteiger partial charge >= 0.3 is 0 Å². The fourth-order valence-electron chi connectivity index (χ4n) is 2.02. The summed E-state index contributed by atoms with van der Waals surface area (Å²) in [7, 11) is 0. The molecule has 19 heavy (non-hydrogen) atoms. The number of nitriles is 1. The fourth-order valence-corrected chi connectivity index (χ4v) is 2.02. The maximum absolute atomic E-state index is 8.71. The van der Waals surface area contributed by atoms with E-state index in [0.29, 0.717) is 12.3 Å². The summed E-state index contributed by atoms with van der Waals surface area (Å²) in [6.45, 7) is 10.0.